The van der Waals surface area contributed by atoms with Gasteiger partial charge in [-0.15, -0.1) is 0 Å². The van der Waals surface area contributed by atoms with Gasteiger partial charge in [0.25, 0.3) is 0 Å². The van der Waals surface area contributed by atoms with Crippen molar-refractivity contribution in [3.8, 4) is 0 Å². The molecule has 0 saturated heterocycles. The molecule has 1 rings (SSSR count). The number of benzene rings is 1. The van der Waals surface area contributed by atoms with Crippen LogP contribution in [0.2, 0.25) is 0 Å². The summed E-state index contributed by atoms with van der Waals surface area (Å²) in [5.41, 5.74) is 9.63. The van der Waals surface area contributed by atoms with Gasteiger partial charge in [0.1, 0.15) is 0 Å². The summed E-state index contributed by atoms with van der Waals surface area (Å²) in [6, 6.07) is 6.41. The van der Waals surface area contributed by atoms with Crippen LogP contribution in [-0.2, 0) is 0 Å². The Balaban J connectivity index is 2.53. The van der Waals surface area contributed by atoms with Crippen LogP contribution in [0.3, 0.4) is 0 Å². The molecule has 0 amide bonds. The van der Waals surface area contributed by atoms with Crippen LogP contribution >= 0.6 is 0 Å². The monoisotopic (exact) mass is 277 g/mol. The van der Waals surface area contributed by atoms with Gasteiger partial charge in [-0.2, -0.15) is 0 Å². The zero-order valence-corrected chi connectivity index (χ0v) is 13.4. The Kier molecular flexibility index (Phi) is 7.86. The number of hydrogen-bond donors (Lipinski definition) is 2. The third kappa shape index (κ3) is 5.26. The van der Waals surface area contributed by atoms with Crippen LogP contribution in [0.1, 0.15) is 68.1 Å². The van der Waals surface area contributed by atoms with Crippen LogP contribution in [0.15, 0.2) is 18.2 Å². The van der Waals surface area contributed by atoms with Crippen LogP contribution in [-0.4, -0.2) is 17.8 Å². The summed E-state index contributed by atoms with van der Waals surface area (Å²) in [5.74, 6) is 0.0699. The third-order valence-electron chi connectivity index (χ3n) is 4.28. The van der Waals surface area contributed by atoms with E-state index in [1.165, 1.54) is 42.4 Å². The highest BCUT2D eigenvalue weighted by atomic mass is 16.3. The summed E-state index contributed by atoms with van der Waals surface area (Å²) in [6.07, 6.45) is 6.70. The van der Waals surface area contributed by atoms with E-state index in [1.54, 1.807) is 0 Å². The van der Waals surface area contributed by atoms with Crippen LogP contribution in [0, 0.1) is 13.8 Å². The van der Waals surface area contributed by atoms with E-state index >= 15 is 0 Å². The largest absolute Gasteiger partial charge is 0.392 e. The molecular formula is C18H31NO. The van der Waals surface area contributed by atoms with Gasteiger partial charge in [0.2, 0.25) is 0 Å². The van der Waals surface area contributed by atoms with Gasteiger partial charge in [-0.1, -0.05) is 57.2 Å². The highest BCUT2D eigenvalue weighted by molar-refractivity contribution is 5.32. The molecule has 1 aromatic carbocycles. The van der Waals surface area contributed by atoms with Gasteiger partial charge in [0.05, 0.1) is 6.10 Å². The fourth-order valence-electron chi connectivity index (χ4n) is 2.67. The highest BCUT2D eigenvalue weighted by Gasteiger charge is 2.19. The van der Waals surface area contributed by atoms with E-state index in [2.05, 4.69) is 39.0 Å². The number of hydrogen-bond acceptors (Lipinski definition) is 2. The Hall–Kier alpha value is -0.860. The molecule has 2 heteroatoms. The molecule has 2 atom stereocenters. The lowest BCUT2D eigenvalue weighted by molar-refractivity contribution is 0.132. The summed E-state index contributed by atoms with van der Waals surface area (Å²) in [7, 11) is 0. The van der Waals surface area contributed by atoms with E-state index in [1.807, 2.05) is 0 Å². The number of aliphatic hydroxyl groups excluding tert-OH is 1. The molecule has 0 heterocycles. The van der Waals surface area contributed by atoms with Crippen molar-refractivity contribution in [3.05, 3.63) is 34.9 Å². The smallest absolute Gasteiger partial charge is 0.0620 e. The van der Waals surface area contributed by atoms with E-state index in [-0.39, 0.29) is 12.0 Å². The van der Waals surface area contributed by atoms with Gasteiger partial charge in [0, 0.05) is 12.5 Å². The van der Waals surface area contributed by atoms with Gasteiger partial charge >= 0.3 is 0 Å². The maximum atomic E-state index is 10.4. The van der Waals surface area contributed by atoms with Crippen LogP contribution in [0.4, 0.5) is 0 Å². The quantitative estimate of drug-likeness (QED) is 0.668. The molecule has 114 valence electrons. The van der Waals surface area contributed by atoms with Crippen molar-refractivity contribution in [2.75, 3.05) is 6.54 Å². The first kappa shape index (κ1) is 17.2. The first-order valence-electron chi connectivity index (χ1n) is 8.05. The van der Waals surface area contributed by atoms with E-state index in [9.17, 15) is 5.11 Å². The molecule has 0 saturated carbocycles. The Morgan fingerprint density at radius 2 is 1.75 bits per heavy atom. The molecule has 0 spiro atoms. The molecule has 2 nitrogen and oxygen atoms in total. The molecule has 0 radical (unpaired) electrons. The second-order valence-corrected chi connectivity index (χ2v) is 5.96. The topological polar surface area (TPSA) is 46.2 Å². The molecule has 2 unspecified atom stereocenters. The highest BCUT2D eigenvalue weighted by Crippen LogP contribution is 2.24. The number of aliphatic hydroxyl groups is 1. The van der Waals surface area contributed by atoms with Crippen molar-refractivity contribution >= 4 is 0 Å². The minimum absolute atomic E-state index is 0.0699. The van der Waals surface area contributed by atoms with Crippen molar-refractivity contribution in [2.24, 2.45) is 5.73 Å². The summed E-state index contributed by atoms with van der Waals surface area (Å²) < 4.78 is 0. The Morgan fingerprint density at radius 3 is 2.35 bits per heavy atom. The normalized spacial score (nSPS) is 14.2. The Bertz CT molecular complexity index is 389. The van der Waals surface area contributed by atoms with Crippen molar-refractivity contribution < 1.29 is 5.11 Å². The maximum Gasteiger partial charge on any atom is 0.0620 e. The maximum absolute atomic E-state index is 10.4. The zero-order valence-electron chi connectivity index (χ0n) is 13.4. The summed E-state index contributed by atoms with van der Waals surface area (Å²) >= 11 is 0. The predicted molar refractivity (Wildman–Crippen MR) is 87.1 cm³/mol. The number of nitrogens with two attached hydrogens (primary N) is 1. The fourth-order valence-corrected chi connectivity index (χ4v) is 2.67. The molecule has 0 aliphatic carbocycles. The average Bonchev–Trinajstić information content (AvgIpc) is 2.43. The molecule has 0 fully saturated rings. The standard InChI is InChI=1S/C18H31NO/c1-4-5-6-7-8-9-18(20)17(13-19)16-11-10-14(2)15(3)12-16/h10-12,17-18,20H,4-9,13,19H2,1-3H3. The second-order valence-electron chi connectivity index (χ2n) is 5.96. The number of rotatable bonds is 9. The molecule has 0 bridgehead atoms. The van der Waals surface area contributed by atoms with Crippen molar-refractivity contribution in [1.29, 1.82) is 0 Å². The van der Waals surface area contributed by atoms with E-state index in [0.29, 0.717) is 6.54 Å². The minimum Gasteiger partial charge on any atom is -0.392 e. The first-order valence-corrected chi connectivity index (χ1v) is 8.05. The average molecular weight is 277 g/mol. The first-order chi connectivity index (χ1) is 9.60. The molecule has 3 N–H and O–H groups in total. The molecular weight excluding hydrogens is 246 g/mol. The van der Waals surface area contributed by atoms with Crippen molar-refractivity contribution in [3.63, 3.8) is 0 Å². The van der Waals surface area contributed by atoms with Gasteiger partial charge in [-0.05, 0) is 37.0 Å². The van der Waals surface area contributed by atoms with Crippen molar-refractivity contribution in [1.82, 2.24) is 0 Å². The number of unbranched alkanes of at least 4 members (excludes halogenated alkanes) is 4. The summed E-state index contributed by atoms with van der Waals surface area (Å²) in [5, 5.41) is 10.4. The molecule has 0 aliphatic rings. The second kappa shape index (κ2) is 9.15. The van der Waals surface area contributed by atoms with Crippen LogP contribution in [0.5, 0.6) is 0 Å². The predicted octanol–water partition coefficient (Wildman–Crippen LogP) is 4.07. The molecule has 1 aromatic rings. The molecule has 0 aliphatic heterocycles. The minimum atomic E-state index is -0.316. The lowest BCUT2D eigenvalue weighted by Crippen LogP contribution is -2.26. The third-order valence-corrected chi connectivity index (χ3v) is 4.28. The summed E-state index contributed by atoms with van der Waals surface area (Å²) in [4.78, 5) is 0. The summed E-state index contributed by atoms with van der Waals surface area (Å²) in [6.45, 7) is 6.96. The van der Waals surface area contributed by atoms with E-state index < -0.39 is 0 Å². The Morgan fingerprint density at radius 1 is 1.05 bits per heavy atom. The van der Waals surface area contributed by atoms with Gasteiger partial charge in [0.15, 0.2) is 0 Å². The fraction of sp³-hybridized carbons (Fsp3) is 0.667. The number of aryl methyl sites for hydroxylation is 2. The molecule has 20 heavy (non-hydrogen) atoms. The van der Waals surface area contributed by atoms with Crippen molar-refractivity contribution in [2.45, 2.75) is 71.3 Å². The SMILES string of the molecule is CCCCCCCC(O)C(CN)c1ccc(C)c(C)c1. The zero-order chi connectivity index (χ0) is 15.0. The van der Waals surface area contributed by atoms with E-state index in [0.717, 1.165) is 12.8 Å². The van der Waals surface area contributed by atoms with Gasteiger partial charge in [-0.25, -0.2) is 0 Å². The van der Waals surface area contributed by atoms with Gasteiger partial charge in [-0.3, -0.25) is 0 Å². The van der Waals surface area contributed by atoms with Crippen LogP contribution < -0.4 is 5.73 Å². The lowest BCUT2D eigenvalue weighted by Gasteiger charge is -2.22. The van der Waals surface area contributed by atoms with Crippen LogP contribution in [0.25, 0.3) is 0 Å². The van der Waals surface area contributed by atoms with Gasteiger partial charge < -0.3 is 10.8 Å². The lowest BCUT2D eigenvalue weighted by atomic mass is 9.88. The van der Waals surface area contributed by atoms with E-state index in [4.69, 9.17) is 5.73 Å². The Labute approximate surface area is 124 Å². The molecule has 0 aromatic heterocycles.